The summed E-state index contributed by atoms with van der Waals surface area (Å²) in [5, 5.41) is 12.7. The van der Waals surface area contributed by atoms with E-state index in [-0.39, 0.29) is 5.54 Å². The fourth-order valence-electron chi connectivity index (χ4n) is 2.66. The summed E-state index contributed by atoms with van der Waals surface area (Å²) >= 11 is 0. The van der Waals surface area contributed by atoms with Gasteiger partial charge in [0.05, 0.1) is 6.61 Å². The molecule has 0 heterocycles. The number of nitrogens with one attached hydrogen (secondary N) is 1. The van der Waals surface area contributed by atoms with Gasteiger partial charge >= 0.3 is 0 Å². The Balaban J connectivity index is 2.46. The van der Waals surface area contributed by atoms with E-state index in [1.54, 1.807) is 0 Å². The predicted molar refractivity (Wildman–Crippen MR) is 60.4 cm³/mol. The topological polar surface area (TPSA) is 32.3 Å². The lowest BCUT2D eigenvalue weighted by Crippen LogP contribution is -2.45. The minimum absolute atomic E-state index is 0.0302. The predicted octanol–water partition coefficient (Wildman–Crippen LogP) is 2.32. The van der Waals surface area contributed by atoms with Gasteiger partial charge in [0, 0.05) is 5.54 Å². The molecule has 1 aliphatic rings. The molecule has 2 N–H and O–H groups in total. The van der Waals surface area contributed by atoms with Crippen LogP contribution in [0, 0.1) is 5.92 Å². The van der Waals surface area contributed by atoms with Crippen LogP contribution >= 0.6 is 0 Å². The van der Waals surface area contributed by atoms with Crippen LogP contribution in [0.15, 0.2) is 0 Å². The SMILES string of the molecule is CCCC1CCCC(CO)(NC)CC1. The smallest absolute Gasteiger partial charge is 0.0613 e. The van der Waals surface area contributed by atoms with E-state index in [9.17, 15) is 5.11 Å². The summed E-state index contributed by atoms with van der Waals surface area (Å²) in [5.74, 6) is 0.904. The lowest BCUT2D eigenvalue weighted by atomic mass is 9.90. The highest BCUT2D eigenvalue weighted by atomic mass is 16.3. The lowest BCUT2D eigenvalue weighted by molar-refractivity contribution is 0.150. The van der Waals surface area contributed by atoms with Crippen molar-refractivity contribution in [1.29, 1.82) is 0 Å². The minimum atomic E-state index is 0.0302. The molecule has 1 rings (SSSR count). The molecule has 2 heteroatoms. The van der Waals surface area contributed by atoms with Gasteiger partial charge in [-0.3, -0.25) is 0 Å². The van der Waals surface area contributed by atoms with Crippen molar-refractivity contribution in [3.05, 3.63) is 0 Å². The second kappa shape index (κ2) is 5.72. The Morgan fingerprint density at radius 2 is 2.14 bits per heavy atom. The third-order valence-electron chi connectivity index (χ3n) is 3.83. The molecule has 0 radical (unpaired) electrons. The molecule has 1 fully saturated rings. The number of aliphatic hydroxyl groups excluding tert-OH is 1. The zero-order valence-corrected chi connectivity index (χ0v) is 9.68. The van der Waals surface area contributed by atoms with Crippen LogP contribution in [-0.2, 0) is 0 Å². The number of likely N-dealkylation sites (N-methyl/N-ethyl adjacent to an activating group) is 1. The standard InChI is InChI=1S/C12H25NO/c1-3-5-11-6-4-8-12(10-14,13-2)9-7-11/h11,13-14H,3-10H2,1-2H3. The van der Waals surface area contributed by atoms with Gasteiger partial charge in [0.2, 0.25) is 0 Å². The fourth-order valence-corrected chi connectivity index (χ4v) is 2.66. The van der Waals surface area contributed by atoms with Crippen LogP contribution in [0.25, 0.3) is 0 Å². The van der Waals surface area contributed by atoms with Crippen molar-refractivity contribution in [2.75, 3.05) is 13.7 Å². The Morgan fingerprint density at radius 1 is 1.36 bits per heavy atom. The summed E-state index contributed by atoms with van der Waals surface area (Å²) in [6.45, 7) is 2.56. The molecule has 2 atom stereocenters. The zero-order chi connectivity index (χ0) is 10.4. The monoisotopic (exact) mass is 199 g/mol. The van der Waals surface area contributed by atoms with Crippen LogP contribution in [0.3, 0.4) is 0 Å². The van der Waals surface area contributed by atoms with Crippen molar-refractivity contribution in [3.8, 4) is 0 Å². The van der Waals surface area contributed by atoms with E-state index < -0.39 is 0 Å². The van der Waals surface area contributed by atoms with Gasteiger partial charge in [0.1, 0.15) is 0 Å². The first kappa shape index (κ1) is 12.0. The highest BCUT2D eigenvalue weighted by Gasteiger charge is 2.30. The third-order valence-corrected chi connectivity index (χ3v) is 3.83. The van der Waals surface area contributed by atoms with Gasteiger partial charge in [-0.15, -0.1) is 0 Å². The Bertz CT molecular complexity index is 154. The van der Waals surface area contributed by atoms with Gasteiger partial charge in [0.25, 0.3) is 0 Å². The molecule has 0 saturated heterocycles. The minimum Gasteiger partial charge on any atom is -0.394 e. The fraction of sp³-hybridized carbons (Fsp3) is 1.00. The van der Waals surface area contributed by atoms with Crippen LogP contribution in [0.5, 0.6) is 0 Å². The first-order chi connectivity index (χ1) is 6.76. The second-order valence-corrected chi connectivity index (χ2v) is 4.77. The van der Waals surface area contributed by atoms with Crippen LogP contribution in [0.2, 0.25) is 0 Å². The molecule has 0 aliphatic heterocycles. The van der Waals surface area contributed by atoms with Gasteiger partial charge in [-0.05, 0) is 32.2 Å². The van der Waals surface area contributed by atoms with E-state index in [1.807, 2.05) is 7.05 Å². The average molecular weight is 199 g/mol. The number of hydrogen-bond donors (Lipinski definition) is 2. The first-order valence-corrected chi connectivity index (χ1v) is 6.06. The molecule has 0 aromatic carbocycles. The molecule has 2 unspecified atom stereocenters. The van der Waals surface area contributed by atoms with Crippen molar-refractivity contribution in [3.63, 3.8) is 0 Å². The summed E-state index contributed by atoms with van der Waals surface area (Å²) in [6, 6.07) is 0. The van der Waals surface area contributed by atoms with Crippen molar-refractivity contribution in [2.24, 2.45) is 5.92 Å². The normalized spacial score (nSPS) is 34.1. The maximum absolute atomic E-state index is 9.42. The Hall–Kier alpha value is -0.0800. The molecule has 0 spiro atoms. The van der Waals surface area contributed by atoms with Crippen LogP contribution < -0.4 is 5.32 Å². The molecule has 1 saturated carbocycles. The Labute approximate surface area is 88.1 Å². The lowest BCUT2D eigenvalue weighted by Gasteiger charge is -2.30. The molecule has 2 nitrogen and oxygen atoms in total. The van der Waals surface area contributed by atoms with E-state index in [2.05, 4.69) is 12.2 Å². The molecule has 0 aromatic heterocycles. The van der Waals surface area contributed by atoms with Crippen molar-refractivity contribution < 1.29 is 5.11 Å². The van der Waals surface area contributed by atoms with Crippen molar-refractivity contribution >= 4 is 0 Å². The molecule has 1 aliphatic carbocycles. The summed E-state index contributed by atoms with van der Waals surface area (Å²) in [5.41, 5.74) is 0.0302. The molecule has 84 valence electrons. The Morgan fingerprint density at radius 3 is 2.71 bits per heavy atom. The second-order valence-electron chi connectivity index (χ2n) is 4.77. The van der Waals surface area contributed by atoms with Gasteiger partial charge < -0.3 is 10.4 Å². The zero-order valence-electron chi connectivity index (χ0n) is 9.68. The van der Waals surface area contributed by atoms with E-state index in [4.69, 9.17) is 0 Å². The highest BCUT2D eigenvalue weighted by Crippen LogP contribution is 2.32. The molecule has 0 bridgehead atoms. The Kier molecular flexibility index (Phi) is 4.90. The van der Waals surface area contributed by atoms with Crippen molar-refractivity contribution in [1.82, 2.24) is 5.32 Å². The highest BCUT2D eigenvalue weighted by molar-refractivity contribution is 4.89. The van der Waals surface area contributed by atoms with E-state index in [1.165, 1.54) is 32.1 Å². The maximum atomic E-state index is 9.42. The van der Waals surface area contributed by atoms with Gasteiger partial charge in [-0.25, -0.2) is 0 Å². The summed E-state index contributed by atoms with van der Waals surface area (Å²) in [7, 11) is 1.98. The van der Waals surface area contributed by atoms with Gasteiger partial charge in [-0.1, -0.05) is 32.6 Å². The van der Waals surface area contributed by atoms with E-state index in [0.717, 1.165) is 18.8 Å². The molecular formula is C12H25NO. The molecule has 14 heavy (non-hydrogen) atoms. The third kappa shape index (κ3) is 2.96. The summed E-state index contributed by atoms with van der Waals surface area (Å²) in [6.07, 6.45) is 8.87. The quantitative estimate of drug-likeness (QED) is 0.681. The molecule has 0 aromatic rings. The van der Waals surface area contributed by atoms with Gasteiger partial charge in [0.15, 0.2) is 0 Å². The number of rotatable bonds is 4. The van der Waals surface area contributed by atoms with E-state index in [0.29, 0.717) is 6.61 Å². The van der Waals surface area contributed by atoms with Crippen LogP contribution in [0.4, 0.5) is 0 Å². The van der Waals surface area contributed by atoms with E-state index >= 15 is 0 Å². The maximum Gasteiger partial charge on any atom is 0.0613 e. The van der Waals surface area contributed by atoms with Crippen LogP contribution in [0.1, 0.15) is 51.9 Å². The largest absolute Gasteiger partial charge is 0.394 e. The molecule has 0 amide bonds. The number of aliphatic hydroxyl groups is 1. The first-order valence-electron chi connectivity index (χ1n) is 6.06. The van der Waals surface area contributed by atoms with Crippen LogP contribution in [-0.4, -0.2) is 24.3 Å². The van der Waals surface area contributed by atoms with Gasteiger partial charge in [-0.2, -0.15) is 0 Å². The summed E-state index contributed by atoms with van der Waals surface area (Å²) in [4.78, 5) is 0. The molecular weight excluding hydrogens is 174 g/mol. The average Bonchev–Trinajstić information content (AvgIpc) is 2.42. The number of hydrogen-bond acceptors (Lipinski definition) is 2. The summed E-state index contributed by atoms with van der Waals surface area (Å²) < 4.78 is 0. The van der Waals surface area contributed by atoms with Crippen molar-refractivity contribution in [2.45, 2.75) is 57.4 Å².